The van der Waals surface area contributed by atoms with Crippen LogP contribution < -0.4 is 10.4 Å². The summed E-state index contributed by atoms with van der Waals surface area (Å²) < 4.78 is 0. The highest BCUT2D eigenvalue weighted by molar-refractivity contribution is 6.13. The molecule has 52 heavy (non-hydrogen) atoms. The molecule has 0 radical (unpaired) electrons. The zero-order chi connectivity index (χ0) is 34.6. The van der Waals surface area contributed by atoms with Crippen LogP contribution in [0, 0.1) is 23.2 Å². The van der Waals surface area contributed by atoms with E-state index in [1.54, 1.807) is 0 Å². The molecular formula is C50H44N2. The molecule has 0 bridgehead atoms. The summed E-state index contributed by atoms with van der Waals surface area (Å²) in [7, 11) is 0. The van der Waals surface area contributed by atoms with Gasteiger partial charge in [0.1, 0.15) is 0 Å². The summed E-state index contributed by atoms with van der Waals surface area (Å²) in [6.07, 6.45) is 33.1. The molecule has 4 aromatic rings. The van der Waals surface area contributed by atoms with Gasteiger partial charge in [-0.2, -0.15) is 0 Å². The molecule has 0 amide bonds. The first-order valence-corrected chi connectivity index (χ1v) is 19.3. The van der Waals surface area contributed by atoms with Gasteiger partial charge in [0, 0.05) is 29.0 Å². The van der Waals surface area contributed by atoms with E-state index in [-0.39, 0.29) is 11.5 Å². The Morgan fingerprint density at radius 1 is 0.712 bits per heavy atom. The average Bonchev–Trinajstić information content (AvgIpc) is 3.50. The molecule has 10 rings (SSSR count). The molecule has 2 heteroatoms. The lowest BCUT2D eigenvalue weighted by atomic mass is 9.70. The maximum atomic E-state index is 5.47. The monoisotopic (exact) mass is 672 g/mol. The Labute approximate surface area is 307 Å². The minimum absolute atomic E-state index is 0.0512. The highest BCUT2D eigenvalue weighted by Gasteiger charge is 2.39. The number of rotatable bonds is 6. The van der Waals surface area contributed by atoms with Crippen LogP contribution in [-0.2, 0) is 0 Å². The number of dihydropyridines is 1. The van der Waals surface area contributed by atoms with Gasteiger partial charge in [0.15, 0.2) is 0 Å². The van der Waals surface area contributed by atoms with Crippen LogP contribution in [-0.4, -0.2) is 16.7 Å². The summed E-state index contributed by atoms with van der Waals surface area (Å²) in [5, 5.41) is 2.69. The lowest BCUT2D eigenvalue weighted by Crippen LogP contribution is -2.35. The van der Waals surface area contributed by atoms with E-state index < -0.39 is 0 Å². The van der Waals surface area contributed by atoms with Crippen molar-refractivity contribution in [3.8, 4) is 11.3 Å². The Balaban J connectivity index is 1.14. The van der Waals surface area contributed by atoms with Gasteiger partial charge in [0.05, 0.1) is 17.4 Å². The second kappa shape index (κ2) is 12.7. The second-order valence-corrected chi connectivity index (χ2v) is 15.9. The molecule has 0 N–H and O–H groups in total. The Hall–Kier alpha value is -5.34. The first kappa shape index (κ1) is 31.4. The number of aromatic nitrogens is 1. The van der Waals surface area contributed by atoms with Crippen molar-refractivity contribution in [3.05, 3.63) is 191 Å². The number of benzene rings is 3. The molecule has 3 aromatic carbocycles. The van der Waals surface area contributed by atoms with Gasteiger partial charge < -0.3 is 0 Å². The second-order valence-electron chi connectivity index (χ2n) is 15.9. The highest BCUT2D eigenvalue weighted by Crippen LogP contribution is 2.50. The largest absolute Gasteiger partial charge is 0.280 e. The molecule has 5 unspecified atom stereocenters. The molecule has 1 saturated carbocycles. The van der Waals surface area contributed by atoms with Crippen molar-refractivity contribution < 1.29 is 0 Å². The topological polar surface area (TPSA) is 25.2 Å². The van der Waals surface area contributed by atoms with Crippen LogP contribution in [0.15, 0.2) is 163 Å². The van der Waals surface area contributed by atoms with E-state index >= 15 is 0 Å². The van der Waals surface area contributed by atoms with Gasteiger partial charge in [-0.15, -0.1) is 0 Å². The van der Waals surface area contributed by atoms with Gasteiger partial charge in [-0.1, -0.05) is 128 Å². The van der Waals surface area contributed by atoms with Crippen molar-refractivity contribution in [2.45, 2.75) is 51.0 Å². The molecule has 2 nitrogen and oxygen atoms in total. The van der Waals surface area contributed by atoms with Gasteiger partial charge in [0.2, 0.25) is 0 Å². The average molecular weight is 673 g/mol. The van der Waals surface area contributed by atoms with E-state index in [9.17, 15) is 0 Å². The van der Waals surface area contributed by atoms with E-state index in [2.05, 4.69) is 165 Å². The first-order valence-electron chi connectivity index (χ1n) is 19.3. The number of fused-ring (bicyclic) bond motifs is 3. The van der Waals surface area contributed by atoms with Gasteiger partial charge >= 0.3 is 0 Å². The molecule has 6 aliphatic rings. The van der Waals surface area contributed by atoms with E-state index in [0.717, 1.165) is 42.5 Å². The Morgan fingerprint density at radius 3 is 2.35 bits per heavy atom. The summed E-state index contributed by atoms with van der Waals surface area (Å²) in [5.41, 5.74) is 12.5. The number of allylic oxidation sites excluding steroid dienone is 10. The van der Waals surface area contributed by atoms with Crippen molar-refractivity contribution in [2.75, 3.05) is 0 Å². The van der Waals surface area contributed by atoms with Crippen LogP contribution in [0.5, 0.6) is 0 Å². The molecule has 6 atom stereocenters. The minimum Gasteiger partial charge on any atom is -0.280 e. The summed E-state index contributed by atoms with van der Waals surface area (Å²) in [6.45, 7) is 2.38. The lowest BCUT2D eigenvalue weighted by molar-refractivity contribution is 0.227. The maximum Gasteiger partial charge on any atom is 0.0702 e. The van der Waals surface area contributed by atoms with Crippen molar-refractivity contribution in [1.82, 2.24) is 4.98 Å². The van der Waals surface area contributed by atoms with Crippen LogP contribution in [0.2, 0.25) is 0 Å². The third kappa shape index (κ3) is 5.48. The third-order valence-corrected chi connectivity index (χ3v) is 12.8. The molecule has 0 spiro atoms. The fraction of sp³-hybridized carbons (Fsp3) is 0.240. The molecule has 254 valence electrons. The molecule has 2 heterocycles. The van der Waals surface area contributed by atoms with Crippen LogP contribution in [0.25, 0.3) is 28.0 Å². The predicted molar refractivity (Wildman–Crippen MR) is 216 cm³/mol. The van der Waals surface area contributed by atoms with E-state index in [1.165, 1.54) is 67.8 Å². The molecular weight excluding hydrogens is 629 g/mol. The zero-order valence-electron chi connectivity index (χ0n) is 29.8. The standard InChI is InChI=1S/C50H44N2/c1-50(24-10-3-11-25-50)49-31-38(30-48(52-49)34-12-4-2-5-13-34)37-26-39(46-29-35-14-6-7-15-41(35)44-16-8-9-17-45(44)46)28-40(27-37)47-23-20-36(32-51-47)43-22-19-33-18-21-42(33)43/h2-17,19-20,22-24,26-28,30,32-33,35,42-43,49H,18,21,25,29,31H2,1H3/t33?,35?,42-,43?,49?,50?/m1/s1. The summed E-state index contributed by atoms with van der Waals surface area (Å²) in [4.78, 5) is 10.7. The van der Waals surface area contributed by atoms with Crippen molar-refractivity contribution in [3.63, 3.8) is 0 Å². The van der Waals surface area contributed by atoms with Crippen LogP contribution in [0.4, 0.5) is 0 Å². The minimum atomic E-state index is -0.0512. The lowest BCUT2D eigenvalue weighted by Gasteiger charge is -2.36. The number of hydrogen-bond donors (Lipinski definition) is 0. The normalized spacial score (nSPS) is 28.1. The molecule has 1 fully saturated rings. The number of pyridine rings is 1. The highest BCUT2D eigenvalue weighted by atomic mass is 14.8. The van der Waals surface area contributed by atoms with Gasteiger partial charge in [-0.25, -0.2) is 0 Å². The van der Waals surface area contributed by atoms with Gasteiger partial charge in [-0.3, -0.25) is 9.98 Å². The SMILES string of the molecule is CC1(C2CC(c3cc(C4=c5ccccc5=C5C=CC=CC5C4)cc(-c4ccc(C5C=CC6CC[C@H]65)cn4)c3)=CC(c3ccccc3)=N2)C=CC=CC1. The summed E-state index contributed by atoms with van der Waals surface area (Å²) in [5.74, 6) is 2.41. The number of aliphatic imine (C=N–C) groups is 1. The molecule has 1 aliphatic heterocycles. The Kier molecular flexibility index (Phi) is 7.67. The van der Waals surface area contributed by atoms with Gasteiger partial charge in [-0.05, 0) is 124 Å². The van der Waals surface area contributed by atoms with Crippen LogP contribution >= 0.6 is 0 Å². The fourth-order valence-corrected chi connectivity index (χ4v) is 9.58. The Morgan fingerprint density at radius 2 is 1.56 bits per heavy atom. The number of hydrogen-bond acceptors (Lipinski definition) is 2. The summed E-state index contributed by atoms with van der Waals surface area (Å²) in [6, 6.07) is 31.7. The van der Waals surface area contributed by atoms with Crippen LogP contribution in [0.3, 0.4) is 0 Å². The number of nitrogens with zero attached hydrogens (tertiary/aromatic N) is 2. The van der Waals surface area contributed by atoms with Gasteiger partial charge in [0.25, 0.3) is 0 Å². The smallest absolute Gasteiger partial charge is 0.0702 e. The van der Waals surface area contributed by atoms with E-state index in [4.69, 9.17) is 9.98 Å². The fourth-order valence-electron chi connectivity index (χ4n) is 9.58. The molecule has 5 aliphatic carbocycles. The van der Waals surface area contributed by atoms with Crippen molar-refractivity contribution in [2.24, 2.45) is 28.2 Å². The Bertz CT molecular complexity index is 2420. The molecule has 0 saturated heterocycles. The predicted octanol–water partition coefficient (Wildman–Crippen LogP) is 10.1. The first-order chi connectivity index (χ1) is 25.6. The van der Waals surface area contributed by atoms with Crippen molar-refractivity contribution in [1.29, 1.82) is 0 Å². The quantitative estimate of drug-likeness (QED) is 0.187. The van der Waals surface area contributed by atoms with E-state index in [0.29, 0.717) is 11.8 Å². The molecule has 1 aromatic heterocycles. The third-order valence-electron chi connectivity index (χ3n) is 12.8. The van der Waals surface area contributed by atoms with Crippen LogP contribution in [0.1, 0.15) is 67.2 Å². The van der Waals surface area contributed by atoms with E-state index in [1.807, 2.05) is 0 Å². The van der Waals surface area contributed by atoms with Crippen molar-refractivity contribution >= 4 is 22.4 Å². The maximum absolute atomic E-state index is 5.47. The zero-order valence-corrected chi connectivity index (χ0v) is 29.8. The summed E-state index contributed by atoms with van der Waals surface area (Å²) >= 11 is 0.